The lowest BCUT2D eigenvalue weighted by Gasteiger charge is -2.19. The Hall–Kier alpha value is -3.78. The maximum Gasteiger partial charge on any atom is 0.306 e. The van der Waals surface area contributed by atoms with Crippen LogP contribution in [0, 0.1) is 11.6 Å². The SMILES string of the molecule is CCOC(=O)CCSC1Oc2c(C=Cc3ccc4cc(F)c(F)cc4n3)cccc2Cc2cccnc21. The van der Waals surface area contributed by atoms with Gasteiger partial charge >= 0.3 is 5.97 Å². The minimum Gasteiger partial charge on any atom is -0.472 e. The fraction of sp³-hybridized carbons (Fsp3) is 0.207. The Bertz CT molecular complexity index is 1490. The van der Waals surface area contributed by atoms with Gasteiger partial charge < -0.3 is 9.47 Å². The number of fused-ring (bicyclic) bond motifs is 3. The van der Waals surface area contributed by atoms with Gasteiger partial charge in [0.25, 0.3) is 0 Å². The summed E-state index contributed by atoms with van der Waals surface area (Å²) in [7, 11) is 0. The van der Waals surface area contributed by atoms with E-state index in [-0.39, 0.29) is 12.4 Å². The first-order valence-corrected chi connectivity index (χ1v) is 13.0. The number of carbonyl (C=O) groups excluding carboxylic acids is 1. The molecule has 4 aromatic rings. The lowest BCUT2D eigenvalue weighted by Crippen LogP contribution is -2.10. The molecular formula is C29H24F2N2O3S. The monoisotopic (exact) mass is 518 g/mol. The van der Waals surface area contributed by atoms with Crippen LogP contribution in [0.4, 0.5) is 8.78 Å². The molecule has 8 heteroatoms. The van der Waals surface area contributed by atoms with Crippen molar-refractivity contribution in [3.8, 4) is 5.75 Å². The van der Waals surface area contributed by atoms with Crippen LogP contribution in [0.3, 0.4) is 0 Å². The van der Waals surface area contributed by atoms with Crippen molar-refractivity contribution in [2.45, 2.75) is 25.2 Å². The van der Waals surface area contributed by atoms with Crippen molar-refractivity contribution in [1.29, 1.82) is 0 Å². The van der Waals surface area contributed by atoms with Crippen molar-refractivity contribution in [3.05, 3.63) is 101 Å². The number of hydrogen-bond donors (Lipinski definition) is 0. The third kappa shape index (κ3) is 5.64. The van der Waals surface area contributed by atoms with E-state index in [1.807, 2.05) is 42.5 Å². The molecule has 3 heterocycles. The van der Waals surface area contributed by atoms with E-state index >= 15 is 0 Å². The lowest BCUT2D eigenvalue weighted by molar-refractivity contribution is -0.142. The van der Waals surface area contributed by atoms with Crippen molar-refractivity contribution in [2.24, 2.45) is 0 Å². The second-order valence-corrected chi connectivity index (χ2v) is 9.63. The largest absolute Gasteiger partial charge is 0.472 e. The van der Waals surface area contributed by atoms with Crippen molar-refractivity contribution in [1.82, 2.24) is 9.97 Å². The van der Waals surface area contributed by atoms with Crippen molar-refractivity contribution in [2.75, 3.05) is 12.4 Å². The number of pyridine rings is 2. The normalized spacial score (nSPS) is 14.6. The molecule has 5 nitrogen and oxygen atoms in total. The summed E-state index contributed by atoms with van der Waals surface area (Å²) < 4.78 is 38.8. The molecule has 1 unspecified atom stereocenters. The first-order chi connectivity index (χ1) is 18.0. The number of rotatable bonds is 7. The summed E-state index contributed by atoms with van der Waals surface area (Å²) in [5.74, 6) is -0.793. The summed E-state index contributed by atoms with van der Waals surface area (Å²) in [6.45, 7) is 2.14. The Morgan fingerprint density at radius 2 is 1.95 bits per heavy atom. The number of para-hydroxylation sites is 1. The predicted molar refractivity (Wildman–Crippen MR) is 141 cm³/mol. The van der Waals surface area contributed by atoms with Gasteiger partial charge in [0.2, 0.25) is 0 Å². The van der Waals surface area contributed by atoms with Crippen LogP contribution in [-0.2, 0) is 16.0 Å². The maximum absolute atomic E-state index is 13.7. The summed E-state index contributed by atoms with van der Waals surface area (Å²) in [6, 6.07) is 15.6. The maximum atomic E-state index is 13.7. The summed E-state index contributed by atoms with van der Waals surface area (Å²) in [4.78, 5) is 20.9. The number of benzene rings is 2. The molecule has 2 aromatic carbocycles. The highest BCUT2D eigenvalue weighted by Crippen LogP contribution is 2.41. The Balaban J connectivity index is 1.43. The molecule has 37 heavy (non-hydrogen) atoms. The van der Waals surface area contributed by atoms with E-state index < -0.39 is 17.1 Å². The van der Waals surface area contributed by atoms with Crippen LogP contribution in [-0.4, -0.2) is 28.3 Å². The topological polar surface area (TPSA) is 61.3 Å². The van der Waals surface area contributed by atoms with Gasteiger partial charge in [0.05, 0.1) is 29.9 Å². The minimum absolute atomic E-state index is 0.237. The number of nitrogens with zero attached hydrogens (tertiary/aromatic N) is 2. The van der Waals surface area contributed by atoms with Gasteiger partial charge in [-0.25, -0.2) is 13.8 Å². The van der Waals surface area contributed by atoms with Crippen LogP contribution < -0.4 is 4.74 Å². The summed E-state index contributed by atoms with van der Waals surface area (Å²) in [5.41, 5.74) is 4.38. The third-order valence-electron chi connectivity index (χ3n) is 5.95. The van der Waals surface area contributed by atoms with Crippen LogP contribution in [0.2, 0.25) is 0 Å². The fourth-order valence-electron chi connectivity index (χ4n) is 4.20. The number of esters is 1. The number of thioether (sulfide) groups is 1. The molecule has 1 aliphatic heterocycles. The van der Waals surface area contributed by atoms with Gasteiger partial charge in [-0.05, 0) is 48.4 Å². The number of aromatic nitrogens is 2. The van der Waals surface area contributed by atoms with E-state index in [4.69, 9.17) is 9.47 Å². The van der Waals surface area contributed by atoms with Crippen LogP contribution in [0.1, 0.15) is 46.9 Å². The smallest absolute Gasteiger partial charge is 0.306 e. The second-order valence-electron chi connectivity index (χ2n) is 8.46. The zero-order valence-electron chi connectivity index (χ0n) is 20.1. The minimum atomic E-state index is -0.928. The molecule has 0 fully saturated rings. The lowest BCUT2D eigenvalue weighted by atomic mass is 10.0. The highest BCUT2D eigenvalue weighted by Gasteiger charge is 2.26. The average Bonchev–Trinajstić information content (AvgIpc) is 3.05. The molecule has 0 saturated heterocycles. The summed E-state index contributed by atoms with van der Waals surface area (Å²) in [6.07, 6.45) is 6.41. The van der Waals surface area contributed by atoms with E-state index in [0.29, 0.717) is 35.4 Å². The molecule has 0 amide bonds. The van der Waals surface area contributed by atoms with Gasteiger partial charge in [0, 0.05) is 35.4 Å². The first kappa shape index (κ1) is 24.9. The second kappa shape index (κ2) is 11.1. The Labute approximate surface area is 217 Å². The van der Waals surface area contributed by atoms with E-state index in [2.05, 4.69) is 9.97 Å². The molecule has 0 aliphatic carbocycles. The van der Waals surface area contributed by atoms with Crippen LogP contribution in [0.5, 0.6) is 5.75 Å². The highest BCUT2D eigenvalue weighted by atomic mass is 32.2. The Morgan fingerprint density at radius 1 is 1.11 bits per heavy atom. The van der Waals surface area contributed by atoms with E-state index in [9.17, 15) is 13.6 Å². The van der Waals surface area contributed by atoms with Gasteiger partial charge in [-0.15, -0.1) is 11.8 Å². The highest BCUT2D eigenvalue weighted by molar-refractivity contribution is 7.99. The van der Waals surface area contributed by atoms with Gasteiger partial charge in [-0.3, -0.25) is 9.78 Å². The number of halogens is 2. The van der Waals surface area contributed by atoms with Gasteiger partial charge in [-0.1, -0.05) is 30.3 Å². The summed E-state index contributed by atoms with van der Waals surface area (Å²) >= 11 is 1.51. The molecule has 1 atom stereocenters. The quantitative estimate of drug-likeness (QED) is 0.252. The standard InChI is InChI=1S/C29H24F2N2O3S/c1-2-35-26(34)12-14-37-29-27-20(7-4-13-32-27)15-21-6-3-5-18(28(21)36-29)8-10-22-11-9-19-16-23(30)24(31)17-25(19)33-22/h3-11,13,16-17,29H,2,12,14-15H2,1H3. The number of ether oxygens (including phenoxy) is 2. The third-order valence-corrected chi connectivity index (χ3v) is 7.01. The summed E-state index contributed by atoms with van der Waals surface area (Å²) in [5, 5.41) is 0.529. The molecule has 0 N–H and O–H groups in total. The van der Waals surface area contributed by atoms with Crippen LogP contribution in [0.25, 0.3) is 23.1 Å². The first-order valence-electron chi connectivity index (χ1n) is 11.9. The predicted octanol–water partition coefficient (Wildman–Crippen LogP) is 6.75. The molecule has 0 saturated carbocycles. The molecule has 5 rings (SSSR count). The van der Waals surface area contributed by atoms with Crippen LogP contribution in [0.15, 0.2) is 60.8 Å². The van der Waals surface area contributed by atoms with Crippen molar-refractivity contribution >= 4 is 40.8 Å². The molecule has 2 aromatic heterocycles. The van der Waals surface area contributed by atoms with E-state index in [1.54, 1.807) is 25.3 Å². The molecule has 0 bridgehead atoms. The van der Waals surface area contributed by atoms with Gasteiger partial charge in [-0.2, -0.15) is 0 Å². The zero-order chi connectivity index (χ0) is 25.8. The van der Waals surface area contributed by atoms with Gasteiger partial charge in [0.15, 0.2) is 17.1 Å². The zero-order valence-corrected chi connectivity index (χ0v) is 20.9. The number of hydrogen-bond acceptors (Lipinski definition) is 6. The molecule has 0 spiro atoms. The van der Waals surface area contributed by atoms with E-state index in [0.717, 1.165) is 40.3 Å². The van der Waals surface area contributed by atoms with Crippen LogP contribution >= 0.6 is 11.8 Å². The Kier molecular flexibility index (Phi) is 7.46. The van der Waals surface area contributed by atoms with Crippen molar-refractivity contribution < 1.29 is 23.0 Å². The van der Waals surface area contributed by atoms with E-state index in [1.165, 1.54) is 11.8 Å². The fourth-order valence-corrected chi connectivity index (χ4v) is 5.23. The van der Waals surface area contributed by atoms with Crippen molar-refractivity contribution in [3.63, 3.8) is 0 Å². The molecular weight excluding hydrogens is 494 g/mol. The van der Waals surface area contributed by atoms with Gasteiger partial charge in [0.1, 0.15) is 5.75 Å². The molecule has 1 aliphatic rings. The molecule has 188 valence electrons. The Morgan fingerprint density at radius 3 is 2.81 bits per heavy atom. The average molecular weight is 519 g/mol. The number of carbonyl (C=O) groups is 1. The molecule has 0 radical (unpaired) electrons.